The average molecular weight is 845 g/mol. The number of rotatable bonds is 6. The summed E-state index contributed by atoms with van der Waals surface area (Å²) < 4.78 is 0. The number of benzene rings is 9. The van der Waals surface area contributed by atoms with Gasteiger partial charge >= 0.3 is 0 Å². The third kappa shape index (κ3) is 5.73. The van der Waals surface area contributed by atoms with E-state index in [9.17, 15) is 0 Å². The Balaban J connectivity index is 0.932. The minimum atomic E-state index is 0.0890. The van der Waals surface area contributed by atoms with Gasteiger partial charge in [0.25, 0.3) is 0 Å². The Morgan fingerprint density at radius 1 is 0.333 bits per heavy atom. The molecule has 1 spiro atoms. The van der Waals surface area contributed by atoms with Crippen LogP contribution in [0.2, 0.25) is 0 Å². The Morgan fingerprint density at radius 3 is 1.56 bits per heavy atom. The van der Waals surface area contributed by atoms with E-state index < -0.39 is 0 Å². The van der Waals surface area contributed by atoms with Crippen LogP contribution in [0.5, 0.6) is 0 Å². The lowest BCUT2D eigenvalue weighted by molar-refractivity contribution is -0.0398. The van der Waals surface area contributed by atoms with Crippen LogP contribution in [-0.2, 0) is 5.41 Å². The van der Waals surface area contributed by atoms with Crippen LogP contribution >= 0.6 is 0 Å². The first kappa shape index (κ1) is 37.9. The fraction of sp³-hybridized carbons (Fsp3) is 0.156. The molecule has 0 unspecified atom stereocenters. The molecule has 1 heterocycles. The van der Waals surface area contributed by atoms with E-state index in [4.69, 9.17) is 9.97 Å². The highest BCUT2D eigenvalue weighted by molar-refractivity contribution is 6.10. The van der Waals surface area contributed by atoms with Gasteiger partial charge in [-0.05, 0) is 151 Å². The zero-order valence-corrected chi connectivity index (χ0v) is 36.9. The lowest BCUT2D eigenvalue weighted by Crippen LogP contribution is -2.55. The largest absolute Gasteiger partial charge is 0.228 e. The molecule has 0 radical (unpaired) electrons. The molecule has 10 aromatic rings. The second kappa shape index (κ2) is 14.8. The van der Waals surface area contributed by atoms with Crippen molar-refractivity contribution in [2.24, 2.45) is 23.7 Å². The van der Waals surface area contributed by atoms with E-state index in [0.717, 1.165) is 45.5 Å². The van der Waals surface area contributed by atoms with E-state index in [1.165, 1.54) is 92.6 Å². The van der Waals surface area contributed by atoms with Gasteiger partial charge < -0.3 is 0 Å². The summed E-state index contributed by atoms with van der Waals surface area (Å²) in [5.41, 5.74) is 18.6. The molecule has 0 saturated heterocycles. The first-order chi connectivity index (χ1) is 32.7. The predicted octanol–water partition coefficient (Wildman–Crippen LogP) is 16.5. The van der Waals surface area contributed by atoms with Gasteiger partial charge in [0.2, 0.25) is 0 Å². The lowest BCUT2D eigenvalue weighted by Gasteiger charge is -2.61. The first-order valence-corrected chi connectivity index (χ1v) is 24.1. The van der Waals surface area contributed by atoms with Gasteiger partial charge in [0.15, 0.2) is 5.82 Å². The van der Waals surface area contributed by atoms with Crippen LogP contribution in [0.15, 0.2) is 206 Å². The molecule has 0 amide bonds. The standard InChI is InChI=1S/C64H48N2/c1-3-14-42(15-4-1)43-26-28-44(29-27-43)60-39-61(66-63(65-60)45-16-5-2-6-17-45)55-23-12-11-22-52(55)53-30-31-54(51-21-10-9-20-50(51)53)56-24-13-25-58-62(56)57-37-46-18-7-8-19-47(46)38-59(57)64(58)48-33-40-32-41(35-48)36-49(64)34-40/h1-31,37-41,48-49H,32-36H2. The van der Waals surface area contributed by atoms with E-state index in [0.29, 0.717) is 17.7 Å². The van der Waals surface area contributed by atoms with Gasteiger partial charge in [-0.15, -0.1) is 0 Å². The van der Waals surface area contributed by atoms with Crippen LogP contribution < -0.4 is 0 Å². The van der Waals surface area contributed by atoms with Crippen molar-refractivity contribution in [1.29, 1.82) is 0 Å². The Morgan fingerprint density at radius 2 is 0.864 bits per heavy atom. The van der Waals surface area contributed by atoms with Gasteiger partial charge in [-0.1, -0.05) is 188 Å². The second-order valence-electron chi connectivity index (χ2n) is 19.7. The molecule has 1 aromatic heterocycles. The average Bonchev–Trinajstić information content (AvgIpc) is 3.66. The van der Waals surface area contributed by atoms with Crippen LogP contribution in [-0.4, -0.2) is 9.97 Å². The highest BCUT2D eigenvalue weighted by Crippen LogP contribution is 2.70. The molecule has 0 aliphatic heterocycles. The number of aromatic nitrogens is 2. The van der Waals surface area contributed by atoms with Gasteiger partial charge in [0.05, 0.1) is 11.4 Å². The van der Waals surface area contributed by atoms with Crippen molar-refractivity contribution >= 4 is 21.5 Å². The number of nitrogens with zero attached hydrogens (tertiary/aromatic N) is 2. The molecule has 2 heteroatoms. The number of fused-ring (bicyclic) bond motifs is 5. The van der Waals surface area contributed by atoms with Crippen LogP contribution in [0.4, 0.5) is 0 Å². The topological polar surface area (TPSA) is 25.8 Å². The van der Waals surface area contributed by atoms with Gasteiger partial charge in [-0.3, -0.25) is 0 Å². The quantitative estimate of drug-likeness (QED) is 0.167. The fourth-order valence-electron chi connectivity index (χ4n) is 13.8. The molecule has 314 valence electrons. The van der Waals surface area contributed by atoms with E-state index in [1.54, 1.807) is 11.1 Å². The molecule has 5 aliphatic carbocycles. The highest BCUT2D eigenvalue weighted by Gasteiger charge is 2.61. The summed E-state index contributed by atoms with van der Waals surface area (Å²) >= 11 is 0. The molecule has 66 heavy (non-hydrogen) atoms. The molecule has 9 aromatic carbocycles. The molecular weight excluding hydrogens is 797 g/mol. The Bertz CT molecular complexity index is 3500. The smallest absolute Gasteiger partial charge is 0.160 e. The van der Waals surface area contributed by atoms with Gasteiger partial charge in [-0.2, -0.15) is 0 Å². The van der Waals surface area contributed by atoms with Crippen molar-refractivity contribution in [3.63, 3.8) is 0 Å². The van der Waals surface area contributed by atoms with Crippen molar-refractivity contribution < 1.29 is 0 Å². The minimum absolute atomic E-state index is 0.0890. The SMILES string of the molecule is c1ccc(-c2ccc(-c3cc(-c4ccccc4-c4ccc(-c5cccc6c5-c5cc7ccccc7cc5C65C6CC7CC(C6)CC5C7)c5ccccc45)nc(-c4ccccc4)n3)cc2)cc1. The van der Waals surface area contributed by atoms with E-state index in [1.807, 2.05) is 6.07 Å². The van der Waals surface area contributed by atoms with Crippen molar-refractivity contribution in [2.75, 3.05) is 0 Å². The van der Waals surface area contributed by atoms with Gasteiger partial charge in [-0.25, -0.2) is 9.97 Å². The predicted molar refractivity (Wildman–Crippen MR) is 273 cm³/mol. The van der Waals surface area contributed by atoms with Crippen LogP contribution in [0, 0.1) is 23.7 Å². The highest BCUT2D eigenvalue weighted by atomic mass is 14.9. The first-order valence-electron chi connectivity index (χ1n) is 24.1. The molecule has 2 nitrogen and oxygen atoms in total. The zero-order valence-electron chi connectivity index (χ0n) is 36.9. The lowest BCUT2D eigenvalue weighted by atomic mass is 9.43. The summed E-state index contributed by atoms with van der Waals surface area (Å²) in [6.45, 7) is 0. The van der Waals surface area contributed by atoms with E-state index >= 15 is 0 Å². The summed E-state index contributed by atoms with van der Waals surface area (Å²) in [5.74, 6) is 3.93. The third-order valence-corrected chi connectivity index (χ3v) is 16.3. The van der Waals surface area contributed by atoms with Crippen molar-refractivity contribution in [2.45, 2.75) is 37.5 Å². The van der Waals surface area contributed by atoms with Crippen LogP contribution in [0.1, 0.15) is 43.2 Å². The summed E-state index contributed by atoms with van der Waals surface area (Å²) in [4.78, 5) is 10.5. The monoisotopic (exact) mass is 844 g/mol. The third-order valence-electron chi connectivity index (χ3n) is 16.3. The van der Waals surface area contributed by atoms with Crippen molar-refractivity contribution in [1.82, 2.24) is 9.97 Å². The molecule has 0 atom stereocenters. The van der Waals surface area contributed by atoms with Gasteiger partial charge in [0, 0.05) is 22.1 Å². The van der Waals surface area contributed by atoms with E-state index in [2.05, 4.69) is 200 Å². The van der Waals surface area contributed by atoms with Crippen molar-refractivity contribution in [3.05, 3.63) is 217 Å². The molecule has 5 aliphatic rings. The Kier molecular flexibility index (Phi) is 8.50. The second-order valence-corrected chi connectivity index (χ2v) is 19.7. The van der Waals surface area contributed by atoms with E-state index in [-0.39, 0.29) is 5.41 Å². The fourth-order valence-corrected chi connectivity index (χ4v) is 13.8. The molecule has 4 bridgehead atoms. The summed E-state index contributed by atoms with van der Waals surface area (Å²) in [6.07, 6.45) is 6.96. The maximum Gasteiger partial charge on any atom is 0.160 e. The minimum Gasteiger partial charge on any atom is -0.228 e. The molecule has 15 rings (SSSR count). The Hall–Kier alpha value is -7.42. The summed E-state index contributed by atoms with van der Waals surface area (Å²) in [7, 11) is 0. The Labute approximate surface area is 386 Å². The van der Waals surface area contributed by atoms with Crippen molar-refractivity contribution in [3.8, 4) is 78.4 Å². The normalized spacial score (nSPS) is 21.1. The maximum absolute atomic E-state index is 5.34. The summed E-state index contributed by atoms with van der Waals surface area (Å²) in [6, 6.07) is 76.2. The van der Waals surface area contributed by atoms with Gasteiger partial charge in [0.1, 0.15) is 0 Å². The van der Waals surface area contributed by atoms with Crippen LogP contribution in [0.25, 0.3) is 100.0 Å². The number of hydrogen-bond acceptors (Lipinski definition) is 2. The van der Waals surface area contributed by atoms with Crippen LogP contribution in [0.3, 0.4) is 0 Å². The zero-order chi connectivity index (χ0) is 43.3. The molecular formula is C64H48N2. The molecule has 0 N–H and O–H groups in total. The summed E-state index contributed by atoms with van der Waals surface area (Å²) in [5, 5.41) is 5.23. The molecule has 4 fully saturated rings. The number of hydrogen-bond donors (Lipinski definition) is 0. The molecule has 4 saturated carbocycles. The maximum atomic E-state index is 5.34.